The molecule has 3 N–H and O–H groups in total. The first-order valence-electron chi connectivity index (χ1n) is 7.22. The van der Waals surface area contributed by atoms with Gasteiger partial charge < -0.3 is 10.2 Å². The van der Waals surface area contributed by atoms with Crippen LogP contribution in [0.3, 0.4) is 0 Å². The molecular formula is C15H21N3O4S. The molecule has 0 saturated carbocycles. The van der Waals surface area contributed by atoms with Gasteiger partial charge in [-0.15, -0.1) is 0 Å². The van der Waals surface area contributed by atoms with E-state index in [4.69, 9.17) is 5.14 Å². The van der Waals surface area contributed by atoms with Crippen LogP contribution < -0.4 is 15.4 Å². The monoisotopic (exact) mass is 339 g/mol. The summed E-state index contributed by atoms with van der Waals surface area (Å²) >= 11 is 0. The molecule has 0 bridgehead atoms. The molecule has 0 spiro atoms. The van der Waals surface area contributed by atoms with Gasteiger partial charge in [0.25, 0.3) is 5.91 Å². The summed E-state index contributed by atoms with van der Waals surface area (Å²) in [7, 11) is -3.80. The molecule has 2 amide bonds. The number of para-hydroxylation sites is 1. The van der Waals surface area contributed by atoms with Crippen molar-refractivity contribution < 1.29 is 18.0 Å². The van der Waals surface area contributed by atoms with E-state index < -0.39 is 20.8 Å². The van der Waals surface area contributed by atoms with E-state index in [2.05, 4.69) is 5.32 Å². The fourth-order valence-electron chi connectivity index (χ4n) is 2.44. The zero-order valence-electron chi connectivity index (χ0n) is 13.4. The number of hydrogen-bond acceptors (Lipinski definition) is 4. The smallest absolute Gasteiger partial charge is 0.253 e. The minimum atomic E-state index is -3.80. The second-order valence-electron chi connectivity index (χ2n) is 6.64. The van der Waals surface area contributed by atoms with Crippen molar-refractivity contribution in [2.45, 2.75) is 38.0 Å². The van der Waals surface area contributed by atoms with Crippen molar-refractivity contribution in [2.24, 2.45) is 5.14 Å². The van der Waals surface area contributed by atoms with E-state index >= 15 is 0 Å². The van der Waals surface area contributed by atoms with Crippen molar-refractivity contribution in [1.29, 1.82) is 0 Å². The number of rotatable bonds is 3. The number of nitrogens with two attached hydrogens (primary N) is 1. The van der Waals surface area contributed by atoms with Crippen LogP contribution >= 0.6 is 0 Å². The summed E-state index contributed by atoms with van der Waals surface area (Å²) in [6.07, 6.45) is -0.173. The summed E-state index contributed by atoms with van der Waals surface area (Å²) in [5, 5.41) is 7.02. The van der Waals surface area contributed by atoms with Crippen molar-refractivity contribution in [3.63, 3.8) is 0 Å². The lowest BCUT2D eigenvalue weighted by atomic mass is 10.1. The molecule has 126 valence electrons. The molecule has 7 nitrogen and oxygen atoms in total. The fourth-order valence-corrected chi connectivity index (χ4v) is 3.17. The molecule has 1 aliphatic heterocycles. The summed E-state index contributed by atoms with van der Waals surface area (Å²) in [5.41, 5.74) is 0.291. The highest BCUT2D eigenvalue weighted by molar-refractivity contribution is 7.89. The van der Waals surface area contributed by atoms with Crippen LogP contribution in [0, 0.1) is 0 Å². The van der Waals surface area contributed by atoms with E-state index in [1.165, 1.54) is 4.90 Å². The second-order valence-corrected chi connectivity index (χ2v) is 8.49. The molecule has 1 aromatic rings. The highest BCUT2D eigenvalue weighted by atomic mass is 32.2. The molecule has 1 fully saturated rings. The summed E-state index contributed by atoms with van der Waals surface area (Å²) in [5.74, 6) is -0.681. The predicted octanol–water partition coefficient (Wildman–Crippen LogP) is 0.609. The SMILES string of the molecule is CC(C)(C)NC(=O)c1ccccc1N1CC(S(N)(=O)=O)CC1=O. The zero-order valence-corrected chi connectivity index (χ0v) is 14.2. The van der Waals surface area contributed by atoms with E-state index in [0.717, 1.165) is 0 Å². The average molecular weight is 339 g/mol. The Kier molecular flexibility index (Phi) is 4.50. The van der Waals surface area contributed by atoms with Gasteiger partial charge in [-0.2, -0.15) is 0 Å². The van der Waals surface area contributed by atoms with Gasteiger partial charge in [-0.25, -0.2) is 13.6 Å². The summed E-state index contributed by atoms with van der Waals surface area (Å²) in [4.78, 5) is 25.9. The van der Waals surface area contributed by atoms with Gasteiger partial charge in [0.1, 0.15) is 5.25 Å². The third-order valence-electron chi connectivity index (χ3n) is 3.48. The highest BCUT2D eigenvalue weighted by Crippen LogP contribution is 2.27. The number of anilines is 1. The first-order valence-corrected chi connectivity index (χ1v) is 8.83. The van der Waals surface area contributed by atoms with Crippen molar-refractivity contribution in [3.05, 3.63) is 29.8 Å². The highest BCUT2D eigenvalue weighted by Gasteiger charge is 2.38. The molecule has 8 heteroatoms. The summed E-state index contributed by atoms with van der Waals surface area (Å²) in [6.45, 7) is 5.51. The third kappa shape index (κ3) is 4.08. The van der Waals surface area contributed by atoms with Crippen molar-refractivity contribution in [1.82, 2.24) is 5.32 Å². The third-order valence-corrected chi connectivity index (χ3v) is 4.73. The molecule has 2 rings (SSSR count). The minimum Gasteiger partial charge on any atom is -0.347 e. The van der Waals surface area contributed by atoms with Crippen LogP contribution in [-0.4, -0.2) is 37.6 Å². The predicted molar refractivity (Wildman–Crippen MR) is 87.5 cm³/mol. The van der Waals surface area contributed by atoms with Crippen molar-refractivity contribution >= 4 is 27.5 Å². The van der Waals surface area contributed by atoms with Gasteiger partial charge in [-0.05, 0) is 32.9 Å². The molecule has 0 aliphatic carbocycles. The summed E-state index contributed by atoms with van der Waals surface area (Å²) < 4.78 is 23.0. The number of carbonyl (C=O) groups excluding carboxylic acids is 2. The van der Waals surface area contributed by atoms with Gasteiger partial charge in [-0.3, -0.25) is 9.59 Å². The first kappa shape index (κ1) is 17.4. The maximum atomic E-state index is 12.4. The Morgan fingerprint density at radius 2 is 1.91 bits per heavy atom. The van der Waals surface area contributed by atoms with Gasteiger partial charge in [0, 0.05) is 18.5 Å². The number of sulfonamides is 1. The minimum absolute atomic E-state index is 0.0442. The number of nitrogens with zero attached hydrogens (tertiary/aromatic N) is 1. The molecule has 1 heterocycles. The van der Waals surface area contributed by atoms with Crippen molar-refractivity contribution in [2.75, 3.05) is 11.4 Å². The van der Waals surface area contributed by atoms with Gasteiger partial charge in [0.15, 0.2) is 0 Å². The molecule has 1 atom stereocenters. The zero-order chi connectivity index (χ0) is 17.4. The molecule has 23 heavy (non-hydrogen) atoms. The Morgan fingerprint density at radius 3 is 2.43 bits per heavy atom. The average Bonchev–Trinajstić information content (AvgIpc) is 2.79. The number of carbonyl (C=O) groups is 2. The van der Waals surface area contributed by atoms with E-state index in [-0.39, 0.29) is 24.8 Å². The van der Waals surface area contributed by atoms with Gasteiger partial charge in [0.2, 0.25) is 15.9 Å². The molecular weight excluding hydrogens is 318 g/mol. The van der Waals surface area contributed by atoms with E-state index in [0.29, 0.717) is 11.3 Å². The fraction of sp³-hybridized carbons (Fsp3) is 0.467. The topological polar surface area (TPSA) is 110 Å². The Bertz CT molecular complexity index is 737. The van der Waals surface area contributed by atoms with Crippen LogP contribution in [0.5, 0.6) is 0 Å². The molecule has 0 radical (unpaired) electrons. The first-order chi connectivity index (χ1) is 10.5. The standard InChI is InChI=1S/C15H21N3O4S/c1-15(2,3)17-14(20)11-6-4-5-7-12(11)18-9-10(8-13(18)19)23(16,21)22/h4-7,10H,8-9H2,1-3H3,(H,17,20)(H2,16,21,22). The van der Waals surface area contributed by atoms with Crippen LogP contribution in [0.1, 0.15) is 37.6 Å². The van der Waals surface area contributed by atoms with Crippen LogP contribution in [0.15, 0.2) is 24.3 Å². The van der Waals surface area contributed by atoms with Crippen LogP contribution in [0.2, 0.25) is 0 Å². The largest absolute Gasteiger partial charge is 0.347 e. The van der Waals surface area contributed by atoms with Gasteiger partial charge >= 0.3 is 0 Å². The molecule has 1 saturated heterocycles. The maximum absolute atomic E-state index is 12.4. The number of nitrogens with one attached hydrogen (secondary N) is 1. The molecule has 1 aromatic carbocycles. The summed E-state index contributed by atoms with van der Waals surface area (Å²) in [6, 6.07) is 6.62. The normalized spacial score (nSPS) is 19.0. The van der Waals surface area contributed by atoms with E-state index in [1.807, 2.05) is 20.8 Å². The van der Waals surface area contributed by atoms with Crippen LogP contribution in [-0.2, 0) is 14.8 Å². The Morgan fingerprint density at radius 1 is 1.30 bits per heavy atom. The number of benzene rings is 1. The maximum Gasteiger partial charge on any atom is 0.253 e. The quantitative estimate of drug-likeness (QED) is 0.840. The lowest BCUT2D eigenvalue weighted by Gasteiger charge is -2.24. The van der Waals surface area contributed by atoms with Crippen molar-refractivity contribution in [3.8, 4) is 0 Å². The Hall–Kier alpha value is -1.93. The molecule has 1 unspecified atom stereocenters. The van der Waals surface area contributed by atoms with Crippen LogP contribution in [0.4, 0.5) is 5.69 Å². The van der Waals surface area contributed by atoms with Gasteiger partial charge in [0.05, 0.1) is 11.3 Å². The van der Waals surface area contributed by atoms with E-state index in [9.17, 15) is 18.0 Å². The Balaban J connectivity index is 2.35. The number of primary sulfonamides is 1. The molecule has 0 aromatic heterocycles. The van der Waals surface area contributed by atoms with Crippen LogP contribution in [0.25, 0.3) is 0 Å². The number of amides is 2. The Labute approximate surface area is 135 Å². The van der Waals surface area contributed by atoms with Gasteiger partial charge in [-0.1, -0.05) is 12.1 Å². The molecule has 1 aliphatic rings. The van der Waals surface area contributed by atoms with E-state index in [1.54, 1.807) is 24.3 Å². The number of hydrogen-bond donors (Lipinski definition) is 2. The lowest BCUT2D eigenvalue weighted by molar-refractivity contribution is -0.117. The lowest BCUT2D eigenvalue weighted by Crippen LogP contribution is -2.41. The second kappa shape index (κ2) is 5.93.